The van der Waals surface area contributed by atoms with Crippen LogP contribution in [-0.2, 0) is 15.1 Å². The third-order valence-electron chi connectivity index (χ3n) is 2.92. The molecule has 0 bridgehead atoms. The highest BCUT2D eigenvalue weighted by Crippen LogP contribution is 2.34. The van der Waals surface area contributed by atoms with Gasteiger partial charge in [0.2, 0.25) is 5.91 Å². The first-order valence-corrected chi connectivity index (χ1v) is 6.49. The average Bonchev–Trinajstić information content (AvgIpc) is 2.77. The van der Waals surface area contributed by atoms with Gasteiger partial charge in [0.1, 0.15) is 5.01 Å². The van der Waals surface area contributed by atoms with Gasteiger partial charge < -0.3 is 10.1 Å². The minimum Gasteiger partial charge on any atom is -0.381 e. The van der Waals surface area contributed by atoms with E-state index in [0.29, 0.717) is 13.2 Å². The Bertz CT molecular complexity index is 422. The Morgan fingerprint density at radius 3 is 2.88 bits per heavy atom. The number of hydrogen-bond acceptors (Lipinski definition) is 4. The lowest BCUT2D eigenvalue weighted by molar-refractivity contribution is -0.119. The maximum absolute atomic E-state index is 11.6. The van der Waals surface area contributed by atoms with Crippen LogP contribution < -0.4 is 5.32 Å². The predicted octanol–water partition coefficient (Wildman–Crippen LogP) is 1.76. The van der Waals surface area contributed by atoms with Gasteiger partial charge in [-0.2, -0.15) is 0 Å². The fourth-order valence-electron chi connectivity index (χ4n) is 1.97. The van der Waals surface area contributed by atoms with Gasteiger partial charge in [-0.25, -0.2) is 4.98 Å². The molecule has 1 aliphatic rings. The lowest BCUT2D eigenvalue weighted by atomic mass is 9.90. The molecule has 1 aromatic heterocycles. The van der Waals surface area contributed by atoms with Crippen molar-refractivity contribution in [3.8, 4) is 0 Å². The standard InChI is InChI=1S/C12H16N2O2S/c1-3-10(15)14-12(4-6-16-7-5-12)11-13-9(2)8-17-11/h3,8H,1,4-7H2,2H3,(H,14,15). The van der Waals surface area contributed by atoms with Gasteiger partial charge in [-0.3, -0.25) is 4.79 Å². The molecule has 0 unspecified atom stereocenters. The first kappa shape index (κ1) is 12.3. The summed E-state index contributed by atoms with van der Waals surface area (Å²) in [4.78, 5) is 16.1. The van der Waals surface area contributed by atoms with Crippen molar-refractivity contribution in [3.05, 3.63) is 28.7 Å². The van der Waals surface area contributed by atoms with E-state index >= 15 is 0 Å². The normalized spacial score (nSPS) is 18.6. The van der Waals surface area contributed by atoms with E-state index in [1.54, 1.807) is 11.3 Å². The second-order valence-corrected chi connectivity index (χ2v) is 5.04. The van der Waals surface area contributed by atoms with Crippen LogP contribution in [0.5, 0.6) is 0 Å². The summed E-state index contributed by atoms with van der Waals surface area (Å²) in [6, 6.07) is 0. The number of hydrogen-bond donors (Lipinski definition) is 1. The highest BCUT2D eigenvalue weighted by atomic mass is 32.1. The monoisotopic (exact) mass is 252 g/mol. The molecule has 1 N–H and O–H groups in total. The minimum absolute atomic E-state index is 0.153. The van der Waals surface area contributed by atoms with E-state index in [1.807, 2.05) is 12.3 Å². The molecule has 17 heavy (non-hydrogen) atoms. The number of nitrogens with one attached hydrogen (secondary N) is 1. The maximum atomic E-state index is 11.6. The Morgan fingerprint density at radius 2 is 2.35 bits per heavy atom. The van der Waals surface area contributed by atoms with Gasteiger partial charge in [-0.05, 0) is 13.0 Å². The van der Waals surface area contributed by atoms with Crippen molar-refractivity contribution in [2.45, 2.75) is 25.3 Å². The van der Waals surface area contributed by atoms with Crippen LogP contribution >= 0.6 is 11.3 Å². The molecule has 2 heterocycles. The summed E-state index contributed by atoms with van der Waals surface area (Å²) in [5, 5.41) is 6.00. The third kappa shape index (κ3) is 2.56. The molecule has 0 aromatic carbocycles. The zero-order valence-corrected chi connectivity index (χ0v) is 10.7. The van der Waals surface area contributed by atoms with Crippen LogP contribution in [0.4, 0.5) is 0 Å². The lowest BCUT2D eigenvalue weighted by Gasteiger charge is -2.35. The van der Waals surface area contributed by atoms with E-state index in [4.69, 9.17) is 4.74 Å². The Labute approximate surface area is 105 Å². The molecule has 2 rings (SSSR count). The Balaban J connectivity index is 2.28. The van der Waals surface area contributed by atoms with Crippen LogP contribution in [0.25, 0.3) is 0 Å². The molecular weight excluding hydrogens is 236 g/mol. The highest BCUT2D eigenvalue weighted by Gasteiger charge is 2.38. The average molecular weight is 252 g/mol. The summed E-state index contributed by atoms with van der Waals surface area (Å²) in [7, 11) is 0. The summed E-state index contributed by atoms with van der Waals surface area (Å²) >= 11 is 1.59. The van der Waals surface area contributed by atoms with Crippen LogP contribution in [0.2, 0.25) is 0 Å². The van der Waals surface area contributed by atoms with Crippen LogP contribution in [0, 0.1) is 6.92 Å². The fraction of sp³-hybridized carbons (Fsp3) is 0.500. The van der Waals surface area contributed by atoms with Crippen molar-refractivity contribution in [1.29, 1.82) is 0 Å². The number of carbonyl (C=O) groups excluding carboxylic acids is 1. The molecule has 0 spiro atoms. The summed E-state index contributed by atoms with van der Waals surface area (Å²) in [6.07, 6.45) is 2.83. The van der Waals surface area contributed by atoms with Gasteiger partial charge in [0.15, 0.2) is 0 Å². The van der Waals surface area contributed by atoms with Crippen LogP contribution in [0.3, 0.4) is 0 Å². The molecular formula is C12H16N2O2S. The van der Waals surface area contributed by atoms with Crippen LogP contribution in [-0.4, -0.2) is 24.1 Å². The number of thiazole rings is 1. The second kappa shape index (κ2) is 4.98. The Morgan fingerprint density at radius 1 is 1.65 bits per heavy atom. The zero-order valence-electron chi connectivity index (χ0n) is 9.86. The number of ether oxygens (including phenoxy) is 1. The quantitative estimate of drug-likeness (QED) is 0.834. The molecule has 92 valence electrons. The van der Waals surface area contributed by atoms with E-state index in [1.165, 1.54) is 6.08 Å². The van der Waals surface area contributed by atoms with E-state index in [2.05, 4.69) is 16.9 Å². The molecule has 1 fully saturated rings. The van der Waals surface area contributed by atoms with Gasteiger partial charge in [0.25, 0.3) is 0 Å². The molecule has 1 amide bonds. The largest absolute Gasteiger partial charge is 0.381 e. The number of nitrogens with zero attached hydrogens (tertiary/aromatic N) is 1. The third-order valence-corrected chi connectivity index (χ3v) is 4.09. The smallest absolute Gasteiger partial charge is 0.244 e. The number of carbonyl (C=O) groups is 1. The molecule has 5 heteroatoms. The molecule has 4 nitrogen and oxygen atoms in total. The fourth-order valence-corrected chi connectivity index (χ4v) is 2.99. The summed E-state index contributed by atoms with van der Waals surface area (Å²) < 4.78 is 5.37. The zero-order chi connectivity index (χ0) is 12.3. The van der Waals surface area contributed by atoms with Crippen molar-refractivity contribution >= 4 is 17.2 Å². The van der Waals surface area contributed by atoms with E-state index in [0.717, 1.165) is 23.5 Å². The Hall–Kier alpha value is -1.20. The summed E-state index contributed by atoms with van der Waals surface area (Å²) in [5.74, 6) is -0.153. The van der Waals surface area contributed by atoms with Gasteiger partial charge in [-0.15, -0.1) is 11.3 Å². The highest BCUT2D eigenvalue weighted by molar-refractivity contribution is 7.09. The molecule has 1 aromatic rings. The van der Waals surface area contributed by atoms with Crippen LogP contribution in [0.15, 0.2) is 18.0 Å². The number of aryl methyl sites for hydroxylation is 1. The van der Waals surface area contributed by atoms with Crippen LogP contribution in [0.1, 0.15) is 23.5 Å². The molecule has 0 atom stereocenters. The first-order valence-electron chi connectivity index (χ1n) is 5.61. The topological polar surface area (TPSA) is 51.2 Å². The lowest BCUT2D eigenvalue weighted by Crippen LogP contribution is -2.49. The first-order chi connectivity index (χ1) is 8.16. The summed E-state index contributed by atoms with van der Waals surface area (Å²) in [6.45, 7) is 6.75. The Kier molecular flexibility index (Phi) is 3.59. The van der Waals surface area contributed by atoms with E-state index < -0.39 is 0 Å². The summed E-state index contributed by atoms with van der Waals surface area (Å²) in [5.41, 5.74) is 0.617. The molecule has 1 aliphatic heterocycles. The molecule has 0 radical (unpaired) electrons. The minimum atomic E-state index is -0.373. The maximum Gasteiger partial charge on any atom is 0.244 e. The number of amides is 1. The van der Waals surface area contributed by atoms with Gasteiger partial charge in [0.05, 0.1) is 5.54 Å². The second-order valence-electron chi connectivity index (χ2n) is 4.18. The van der Waals surface area contributed by atoms with E-state index in [9.17, 15) is 4.79 Å². The SMILES string of the molecule is C=CC(=O)NC1(c2nc(C)cs2)CCOCC1. The van der Waals surface area contributed by atoms with Crippen molar-refractivity contribution in [2.75, 3.05) is 13.2 Å². The van der Waals surface area contributed by atoms with Gasteiger partial charge in [-0.1, -0.05) is 6.58 Å². The number of rotatable bonds is 3. The van der Waals surface area contributed by atoms with Crippen molar-refractivity contribution in [3.63, 3.8) is 0 Å². The van der Waals surface area contributed by atoms with Gasteiger partial charge >= 0.3 is 0 Å². The number of aromatic nitrogens is 1. The van der Waals surface area contributed by atoms with Crippen molar-refractivity contribution < 1.29 is 9.53 Å². The van der Waals surface area contributed by atoms with E-state index in [-0.39, 0.29) is 11.4 Å². The molecule has 1 saturated heterocycles. The predicted molar refractivity (Wildman–Crippen MR) is 66.9 cm³/mol. The molecule has 0 saturated carbocycles. The van der Waals surface area contributed by atoms with Crippen molar-refractivity contribution in [2.24, 2.45) is 0 Å². The van der Waals surface area contributed by atoms with Gasteiger partial charge in [0, 0.05) is 37.1 Å². The molecule has 0 aliphatic carbocycles. The van der Waals surface area contributed by atoms with Crippen molar-refractivity contribution in [1.82, 2.24) is 10.3 Å².